The number of aromatic nitrogens is 4. The summed E-state index contributed by atoms with van der Waals surface area (Å²) in [6.45, 7) is 2.05. The monoisotopic (exact) mass is 311 g/mol. The van der Waals surface area contributed by atoms with Gasteiger partial charge in [-0.2, -0.15) is 4.68 Å². The van der Waals surface area contributed by atoms with Crippen molar-refractivity contribution >= 4 is 23.4 Å². The predicted molar refractivity (Wildman–Crippen MR) is 88.0 cm³/mol. The first kappa shape index (κ1) is 14.3. The SMILES string of the molecule is Cc1ccccc1N/C=C/c1nnnn1-c1ccc(Cl)cc1. The molecule has 2 aromatic carbocycles. The topological polar surface area (TPSA) is 55.6 Å². The zero-order valence-electron chi connectivity index (χ0n) is 11.9. The van der Waals surface area contributed by atoms with Gasteiger partial charge in [-0.25, -0.2) is 0 Å². The van der Waals surface area contributed by atoms with Crippen molar-refractivity contribution in [3.63, 3.8) is 0 Å². The van der Waals surface area contributed by atoms with E-state index in [0.717, 1.165) is 11.4 Å². The van der Waals surface area contributed by atoms with Crippen LogP contribution in [0.15, 0.2) is 54.7 Å². The number of benzene rings is 2. The molecule has 0 aliphatic rings. The number of anilines is 1. The van der Waals surface area contributed by atoms with Gasteiger partial charge in [0.15, 0.2) is 5.82 Å². The van der Waals surface area contributed by atoms with Crippen molar-refractivity contribution in [3.8, 4) is 5.69 Å². The van der Waals surface area contributed by atoms with Gasteiger partial charge >= 0.3 is 0 Å². The van der Waals surface area contributed by atoms with Crippen LogP contribution >= 0.6 is 11.6 Å². The molecule has 0 aliphatic carbocycles. The number of hydrogen-bond acceptors (Lipinski definition) is 4. The Hall–Kier alpha value is -2.66. The van der Waals surface area contributed by atoms with E-state index in [9.17, 15) is 0 Å². The molecule has 0 amide bonds. The van der Waals surface area contributed by atoms with E-state index >= 15 is 0 Å². The first-order valence-electron chi connectivity index (χ1n) is 6.77. The van der Waals surface area contributed by atoms with Crippen molar-refractivity contribution < 1.29 is 0 Å². The van der Waals surface area contributed by atoms with E-state index in [1.54, 1.807) is 16.8 Å². The summed E-state index contributed by atoms with van der Waals surface area (Å²) in [5, 5.41) is 15.6. The van der Waals surface area contributed by atoms with E-state index in [4.69, 9.17) is 11.6 Å². The van der Waals surface area contributed by atoms with Crippen molar-refractivity contribution in [3.05, 3.63) is 71.1 Å². The van der Waals surface area contributed by atoms with Gasteiger partial charge in [0.1, 0.15) is 0 Å². The molecule has 0 unspecified atom stereocenters. The molecule has 5 nitrogen and oxygen atoms in total. The lowest BCUT2D eigenvalue weighted by molar-refractivity contribution is 0.787. The number of para-hydroxylation sites is 1. The zero-order valence-corrected chi connectivity index (χ0v) is 12.7. The normalized spacial score (nSPS) is 11.0. The summed E-state index contributed by atoms with van der Waals surface area (Å²) in [4.78, 5) is 0. The standard InChI is InChI=1S/C16H14ClN5/c1-12-4-2-3-5-15(12)18-11-10-16-19-20-21-22(16)14-8-6-13(17)7-9-14/h2-11,18H,1H3/b11-10+. The summed E-state index contributed by atoms with van der Waals surface area (Å²) in [5.74, 6) is 0.628. The third kappa shape index (κ3) is 3.15. The molecule has 0 saturated carbocycles. The molecule has 22 heavy (non-hydrogen) atoms. The van der Waals surface area contributed by atoms with Crippen LogP contribution in [0.2, 0.25) is 5.02 Å². The highest BCUT2D eigenvalue weighted by Gasteiger charge is 2.04. The number of tetrazole rings is 1. The number of nitrogens with one attached hydrogen (secondary N) is 1. The van der Waals surface area contributed by atoms with E-state index in [2.05, 4.69) is 20.8 Å². The van der Waals surface area contributed by atoms with Gasteiger partial charge in [0.2, 0.25) is 0 Å². The second-order valence-electron chi connectivity index (χ2n) is 4.72. The Morgan fingerprint density at radius 1 is 1.09 bits per heavy atom. The maximum absolute atomic E-state index is 5.89. The lowest BCUT2D eigenvalue weighted by atomic mass is 10.2. The first-order chi connectivity index (χ1) is 10.7. The molecule has 0 fully saturated rings. The summed E-state index contributed by atoms with van der Waals surface area (Å²) < 4.78 is 1.65. The quantitative estimate of drug-likeness (QED) is 0.798. The van der Waals surface area contributed by atoms with Crippen LogP contribution in [0.3, 0.4) is 0 Å². The minimum absolute atomic E-state index is 0.628. The molecular formula is C16H14ClN5. The van der Waals surface area contributed by atoms with Gasteiger partial charge in [0, 0.05) is 23.0 Å². The number of aryl methyl sites for hydroxylation is 1. The molecule has 0 aliphatic heterocycles. The average Bonchev–Trinajstić information content (AvgIpc) is 2.98. The lowest BCUT2D eigenvalue weighted by Gasteiger charge is -2.04. The summed E-state index contributed by atoms with van der Waals surface area (Å²) in [6.07, 6.45) is 3.64. The predicted octanol–water partition coefficient (Wildman–Crippen LogP) is 3.71. The molecule has 0 spiro atoms. The Morgan fingerprint density at radius 3 is 2.64 bits per heavy atom. The first-order valence-corrected chi connectivity index (χ1v) is 7.15. The van der Waals surface area contributed by atoms with E-state index in [1.807, 2.05) is 55.6 Å². The maximum atomic E-state index is 5.89. The van der Waals surface area contributed by atoms with Crippen LogP contribution in [0.1, 0.15) is 11.4 Å². The maximum Gasteiger partial charge on any atom is 0.181 e. The molecule has 0 radical (unpaired) electrons. The minimum Gasteiger partial charge on any atom is -0.361 e. The smallest absolute Gasteiger partial charge is 0.181 e. The summed E-state index contributed by atoms with van der Waals surface area (Å²) in [5.41, 5.74) is 3.07. The number of halogens is 1. The van der Waals surface area contributed by atoms with Gasteiger partial charge in [-0.3, -0.25) is 0 Å². The fourth-order valence-electron chi connectivity index (χ4n) is 2.00. The molecule has 3 rings (SSSR count). The zero-order chi connectivity index (χ0) is 15.4. The molecule has 1 N–H and O–H groups in total. The molecular weight excluding hydrogens is 298 g/mol. The van der Waals surface area contributed by atoms with Crippen LogP contribution < -0.4 is 5.32 Å². The summed E-state index contributed by atoms with van der Waals surface area (Å²) in [7, 11) is 0. The third-order valence-electron chi connectivity index (χ3n) is 3.18. The highest BCUT2D eigenvalue weighted by atomic mass is 35.5. The number of rotatable bonds is 4. The van der Waals surface area contributed by atoms with Crippen LogP contribution in [0.5, 0.6) is 0 Å². The van der Waals surface area contributed by atoms with Gasteiger partial charge in [-0.1, -0.05) is 29.8 Å². The average molecular weight is 312 g/mol. The fraction of sp³-hybridized carbons (Fsp3) is 0.0625. The van der Waals surface area contributed by atoms with Gasteiger partial charge in [0.25, 0.3) is 0 Å². The van der Waals surface area contributed by atoms with Crippen molar-refractivity contribution in [2.75, 3.05) is 5.32 Å². The largest absolute Gasteiger partial charge is 0.361 e. The molecule has 110 valence electrons. The Bertz CT molecular complexity index is 792. The van der Waals surface area contributed by atoms with Crippen LogP contribution in [0.25, 0.3) is 11.8 Å². The van der Waals surface area contributed by atoms with Gasteiger partial charge in [-0.15, -0.1) is 5.10 Å². The second-order valence-corrected chi connectivity index (χ2v) is 5.15. The van der Waals surface area contributed by atoms with E-state index in [0.29, 0.717) is 10.8 Å². The molecule has 1 aromatic heterocycles. The van der Waals surface area contributed by atoms with Crippen LogP contribution in [-0.4, -0.2) is 20.2 Å². The fourth-order valence-corrected chi connectivity index (χ4v) is 2.13. The van der Waals surface area contributed by atoms with Crippen LogP contribution in [0.4, 0.5) is 5.69 Å². The van der Waals surface area contributed by atoms with Gasteiger partial charge in [0.05, 0.1) is 5.69 Å². The highest BCUT2D eigenvalue weighted by Crippen LogP contribution is 2.15. The Labute approximate surface area is 133 Å². The second kappa shape index (κ2) is 6.41. The van der Waals surface area contributed by atoms with Crippen LogP contribution in [0, 0.1) is 6.92 Å². The van der Waals surface area contributed by atoms with E-state index in [1.165, 1.54) is 5.56 Å². The Kier molecular flexibility index (Phi) is 4.16. The molecule has 1 heterocycles. The summed E-state index contributed by atoms with van der Waals surface area (Å²) >= 11 is 5.89. The van der Waals surface area contributed by atoms with Crippen LogP contribution in [-0.2, 0) is 0 Å². The molecule has 0 saturated heterocycles. The van der Waals surface area contributed by atoms with Crippen molar-refractivity contribution in [2.45, 2.75) is 6.92 Å². The van der Waals surface area contributed by atoms with E-state index in [-0.39, 0.29) is 0 Å². The van der Waals surface area contributed by atoms with Crippen molar-refractivity contribution in [2.24, 2.45) is 0 Å². The van der Waals surface area contributed by atoms with E-state index < -0.39 is 0 Å². The minimum atomic E-state index is 0.628. The van der Waals surface area contributed by atoms with Crippen molar-refractivity contribution in [1.29, 1.82) is 0 Å². The third-order valence-corrected chi connectivity index (χ3v) is 3.43. The lowest BCUT2D eigenvalue weighted by Crippen LogP contribution is -1.99. The molecule has 3 aromatic rings. The number of hydrogen-bond donors (Lipinski definition) is 1. The molecule has 0 atom stereocenters. The molecule has 0 bridgehead atoms. The summed E-state index contributed by atoms with van der Waals surface area (Å²) in [6, 6.07) is 15.4. The Balaban J connectivity index is 1.79. The number of nitrogens with zero attached hydrogens (tertiary/aromatic N) is 4. The Morgan fingerprint density at radius 2 is 1.86 bits per heavy atom. The van der Waals surface area contributed by atoms with Crippen molar-refractivity contribution in [1.82, 2.24) is 20.2 Å². The van der Waals surface area contributed by atoms with Gasteiger partial charge in [-0.05, 0) is 53.2 Å². The molecule has 6 heteroatoms. The van der Waals surface area contributed by atoms with Gasteiger partial charge < -0.3 is 5.32 Å². The highest BCUT2D eigenvalue weighted by molar-refractivity contribution is 6.30.